The Balaban J connectivity index is 1.39. The molecule has 3 saturated heterocycles. The molecule has 0 radical (unpaired) electrons. The molecule has 8 nitrogen and oxygen atoms in total. The number of nitrogens with zero attached hydrogens (tertiary/aromatic N) is 5. The molecule has 172 valence electrons. The van der Waals surface area contributed by atoms with Crippen LogP contribution in [0.1, 0.15) is 33.6 Å². The second kappa shape index (κ2) is 6.79. The molecule has 3 aliphatic heterocycles. The number of fused-ring (bicyclic) bond motifs is 4. The van der Waals surface area contributed by atoms with Crippen molar-refractivity contribution in [2.24, 2.45) is 7.05 Å². The van der Waals surface area contributed by atoms with E-state index in [-0.39, 0.29) is 36.0 Å². The van der Waals surface area contributed by atoms with Gasteiger partial charge in [0.1, 0.15) is 11.4 Å². The first-order chi connectivity index (χ1) is 14.9. The predicted molar refractivity (Wildman–Crippen MR) is 115 cm³/mol. The topological polar surface area (TPSA) is 72.6 Å². The molecule has 3 fully saturated rings. The third-order valence-electron chi connectivity index (χ3n) is 6.45. The molecule has 0 N–H and O–H groups in total. The van der Waals surface area contributed by atoms with Crippen molar-refractivity contribution in [1.82, 2.24) is 19.0 Å². The van der Waals surface area contributed by atoms with Crippen LogP contribution in [0.4, 0.5) is 19.4 Å². The molecule has 10 heteroatoms. The minimum Gasteiger partial charge on any atom is -0.444 e. The van der Waals surface area contributed by atoms with Gasteiger partial charge in [-0.1, -0.05) is 0 Å². The zero-order valence-electron chi connectivity index (χ0n) is 18.6. The Morgan fingerprint density at radius 3 is 2.50 bits per heavy atom. The predicted octanol–water partition coefficient (Wildman–Crippen LogP) is 2.90. The Morgan fingerprint density at radius 2 is 1.91 bits per heavy atom. The first-order valence-electron chi connectivity index (χ1n) is 10.9. The number of pyridine rings is 1. The molecule has 0 aromatic carbocycles. The van der Waals surface area contributed by atoms with Gasteiger partial charge in [0.25, 0.3) is 5.92 Å². The monoisotopic (exact) mass is 447 g/mol. The lowest BCUT2D eigenvalue weighted by atomic mass is 9.91. The Bertz CT molecular complexity index is 1190. The van der Waals surface area contributed by atoms with Crippen LogP contribution in [0.2, 0.25) is 0 Å². The lowest BCUT2D eigenvalue weighted by molar-refractivity contribution is 0.000786. The van der Waals surface area contributed by atoms with Crippen LogP contribution in [0.3, 0.4) is 0 Å². The van der Waals surface area contributed by atoms with Crippen LogP contribution in [0, 0.1) is 0 Å². The van der Waals surface area contributed by atoms with Gasteiger partial charge in [0.2, 0.25) is 0 Å². The van der Waals surface area contributed by atoms with E-state index >= 15 is 0 Å². The minimum atomic E-state index is -2.89. The summed E-state index contributed by atoms with van der Waals surface area (Å²) in [6.45, 7) is 6.63. The fraction of sp³-hybridized carbons (Fsp3) is 0.591. The molecule has 6 rings (SSSR count). The number of amides is 1. The Morgan fingerprint density at radius 1 is 1.22 bits per heavy atom. The number of piperidine rings is 2. The average Bonchev–Trinajstić information content (AvgIpc) is 3.27. The summed E-state index contributed by atoms with van der Waals surface area (Å²) in [5.74, 6) is -2.16. The second-order valence-corrected chi connectivity index (χ2v) is 9.90. The molecule has 2 atom stereocenters. The van der Waals surface area contributed by atoms with Crippen LogP contribution < -0.4 is 10.6 Å². The van der Waals surface area contributed by atoms with Crippen molar-refractivity contribution in [1.29, 1.82) is 0 Å². The Hall–Kier alpha value is -2.91. The lowest BCUT2D eigenvalue weighted by Crippen LogP contribution is -2.64. The van der Waals surface area contributed by atoms with E-state index in [1.165, 1.54) is 9.13 Å². The van der Waals surface area contributed by atoms with Crippen LogP contribution in [0.25, 0.3) is 11.2 Å². The SMILES string of the molecule is Cn1c(=O)n(CC2=CC2(F)F)c2ccc(N3CC4CCC3CN4C(=O)OC(C)(C)C)nc21. The molecule has 4 aliphatic rings. The number of carbonyl (C=O) groups is 1. The summed E-state index contributed by atoms with van der Waals surface area (Å²) in [4.78, 5) is 34.0. The molecular weight excluding hydrogens is 420 g/mol. The lowest BCUT2D eigenvalue weighted by Gasteiger charge is -2.51. The second-order valence-electron chi connectivity index (χ2n) is 9.90. The molecule has 0 saturated carbocycles. The molecule has 5 heterocycles. The van der Waals surface area contributed by atoms with Gasteiger partial charge >= 0.3 is 11.8 Å². The van der Waals surface area contributed by atoms with Crippen molar-refractivity contribution in [3.8, 4) is 0 Å². The number of rotatable bonds is 3. The highest BCUT2D eigenvalue weighted by molar-refractivity contribution is 5.75. The molecule has 1 amide bonds. The highest BCUT2D eigenvalue weighted by Crippen LogP contribution is 2.41. The number of hydrogen-bond acceptors (Lipinski definition) is 5. The maximum absolute atomic E-state index is 13.3. The van der Waals surface area contributed by atoms with Crippen molar-refractivity contribution in [3.63, 3.8) is 0 Å². The van der Waals surface area contributed by atoms with Gasteiger partial charge in [0.05, 0.1) is 18.1 Å². The third kappa shape index (κ3) is 3.45. The van der Waals surface area contributed by atoms with Crippen LogP contribution in [-0.2, 0) is 18.3 Å². The largest absolute Gasteiger partial charge is 0.444 e. The van der Waals surface area contributed by atoms with Gasteiger partial charge in [0.15, 0.2) is 5.65 Å². The highest BCUT2D eigenvalue weighted by Gasteiger charge is 2.46. The molecule has 2 aromatic heterocycles. The van der Waals surface area contributed by atoms with Gasteiger partial charge in [-0.2, -0.15) is 8.78 Å². The first kappa shape index (κ1) is 21.0. The van der Waals surface area contributed by atoms with E-state index in [9.17, 15) is 18.4 Å². The quantitative estimate of drug-likeness (QED) is 0.677. The van der Waals surface area contributed by atoms with Crippen molar-refractivity contribution in [3.05, 3.63) is 34.3 Å². The fourth-order valence-electron chi connectivity index (χ4n) is 4.73. The zero-order valence-corrected chi connectivity index (χ0v) is 18.6. The van der Waals surface area contributed by atoms with Crippen LogP contribution in [-0.4, -0.2) is 61.8 Å². The summed E-state index contributed by atoms with van der Waals surface area (Å²) in [6, 6.07) is 3.74. The van der Waals surface area contributed by atoms with Gasteiger partial charge in [-0.15, -0.1) is 0 Å². The van der Waals surface area contributed by atoms with E-state index in [0.29, 0.717) is 24.3 Å². The number of aryl methyl sites for hydroxylation is 1. The summed E-state index contributed by atoms with van der Waals surface area (Å²) in [6.07, 6.45) is 2.43. The van der Waals surface area contributed by atoms with Gasteiger partial charge in [-0.3, -0.25) is 9.13 Å². The number of carbonyl (C=O) groups excluding carboxylic acids is 1. The van der Waals surface area contributed by atoms with Crippen molar-refractivity contribution in [2.45, 2.75) is 63.8 Å². The molecule has 0 spiro atoms. The van der Waals surface area contributed by atoms with Crippen molar-refractivity contribution < 1.29 is 18.3 Å². The van der Waals surface area contributed by atoms with Gasteiger partial charge in [0, 0.05) is 31.8 Å². The number of halogens is 2. The molecule has 32 heavy (non-hydrogen) atoms. The number of alkyl halides is 2. The number of piperazine rings is 1. The van der Waals surface area contributed by atoms with E-state index in [4.69, 9.17) is 9.72 Å². The normalized spacial score (nSPS) is 24.1. The van der Waals surface area contributed by atoms with E-state index in [1.54, 1.807) is 13.1 Å². The number of imidazole rings is 1. The number of ether oxygens (including phenoxy) is 1. The maximum Gasteiger partial charge on any atom is 0.410 e. The molecule has 2 bridgehead atoms. The number of anilines is 1. The Kier molecular flexibility index (Phi) is 4.45. The summed E-state index contributed by atoms with van der Waals surface area (Å²) in [5.41, 5.74) is 0.0274. The number of aromatic nitrogens is 3. The van der Waals surface area contributed by atoms with Crippen LogP contribution in [0.15, 0.2) is 28.6 Å². The summed E-state index contributed by atoms with van der Waals surface area (Å²) >= 11 is 0. The van der Waals surface area contributed by atoms with Gasteiger partial charge in [-0.25, -0.2) is 14.6 Å². The van der Waals surface area contributed by atoms with E-state index in [0.717, 1.165) is 24.7 Å². The third-order valence-corrected chi connectivity index (χ3v) is 6.45. The number of hydrogen-bond donors (Lipinski definition) is 0. The molecule has 2 unspecified atom stereocenters. The first-order valence-corrected chi connectivity index (χ1v) is 10.9. The van der Waals surface area contributed by atoms with Gasteiger partial charge in [-0.05, 0) is 51.8 Å². The summed E-state index contributed by atoms with van der Waals surface area (Å²) in [5, 5.41) is 0. The maximum atomic E-state index is 13.3. The fourth-order valence-corrected chi connectivity index (χ4v) is 4.73. The van der Waals surface area contributed by atoms with E-state index < -0.39 is 11.5 Å². The Labute approximate surface area is 184 Å². The van der Waals surface area contributed by atoms with Crippen molar-refractivity contribution >= 4 is 23.1 Å². The molecule has 1 aliphatic carbocycles. The smallest absolute Gasteiger partial charge is 0.410 e. The minimum absolute atomic E-state index is 0.0322. The van der Waals surface area contributed by atoms with Gasteiger partial charge < -0.3 is 14.5 Å². The zero-order chi connectivity index (χ0) is 23.0. The number of allylic oxidation sites excluding steroid dienone is 2. The van der Waals surface area contributed by atoms with E-state index in [2.05, 4.69) is 4.90 Å². The summed E-state index contributed by atoms with van der Waals surface area (Å²) < 4.78 is 34.9. The van der Waals surface area contributed by atoms with Crippen molar-refractivity contribution in [2.75, 3.05) is 18.0 Å². The molecular formula is C22H27F2N5O3. The standard InChI is InChI=1S/C22H27F2N5O3/c1-21(2,3)32-20(31)28-12-14-5-6-15(28)11-27(14)17-8-7-16-18(25-17)26(4)19(30)29(16)10-13-9-22(13,23)24/h7-9,14-15H,5-6,10-12H2,1-4H3. The average molecular weight is 447 g/mol. The van der Waals surface area contributed by atoms with Crippen LogP contribution in [0.5, 0.6) is 0 Å². The van der Waals surface area contributed by atoms with Crippen LogP contribution >= 0.6 is 0 Å². The molecule has 2 aromatic rings. The highest BCUT2D eigenvalue weighted by atomic mass is 19.3. The summed E-state index contributed by atoms with van der Waals surface area (Å²) in [7, 11) is 1.60. The van der Waals surface area contributed by atoms with E-state index in [1.807, 2.05) is 31.7 Å².